The van der Waals surface area contributed by atoms with Gasteiger partial charge in [-0.1, -0.05) is 51.8 Å². The number of halogens is 2. The van der Waals surface area contributed by atoms with Crippen LogP contribution in [0.15, 0.2) is 46.9 Å². The predicted octanol–water partition coefficient (Wildman–Crippen LogP) is 3.88. The van der Waals surface area contributed by atoms with Crippen LogP contribution < -0.4 is 5.32 Å². The van der Waals surface area contributed by atoms with Crippen molar-refractivity contribution in [2.75, 3.05) is 0 Å². The van der Waals surface area contributed by atoms with Crippen molar-refractivity contribution < 1.29 is 5.11 Å². The molecule has 0 saturated carbocycles. The first kappa shape index (κ1) is 14.5. The third kappa shape index (κ3) is 4.05. The molecule has 0 aliphatic rings. The van der Waals surface area contributed by atoms with Crippen molar-refractivity contribution in [2.45, 2.75) is 19.7 Å². The molecular formula is C15H15BrClNO. The zero-order chi connectivity index (χ0) is 13.7. The number of nitrogens with one attached hydrogen (secondary N) is 1. The lowest BCUT2D eigenvalue weighted by molar-refractivity contribution is 0.280. The van der Waals surface area contributed by atoms with Crippen molar-refractivity contribution in [3.63, 3.8) is 0 Å². The molecule has 0 aliphatic carbocycles. The Balaban J connectivity index is 1.98. The minimum atomic E-state index is 0.0682. The summed E-state index contributed by atoms with van der Waals surface area (Å²) in [7, 11) is 0. The van der Waals surface area contributed by atoms with Crippen LogP contribution in [0.3, 0.4) is 0 Å². The lowest BCUT2D eigenvalue weighted by Gasteiger charge is -2.10. The normalized spacial score (nSPS) is 10.7. The lowest BCUT2D eigenvalue weighted by atomic mass is 10.1. The van der Waals surface area contributed by atoms with E-state index in [2.05, 4.69) is 21.2 Å². The maximum absolute atomic E-state index is 9.26. The number of hydrogen-bond donors (Lipinski definition) is 2. The molecule has 0 spiro atoms. The van der Waals surface area contributed by atoms with E-state index >= 15 is 0 Å². The highest BCUT2D eigenvalue weighted by molar-refractivity contribution is 9.10. The average molecular weight is 341 g/mol. The molecule has 0 bridgehead atoms. The summed E-state index contributed by atoms with van der Waals surface area (Å²) in [6.45, 7) is 1.51. The second-order valence-electron chi connectivity index (χ2n) is 4.27. The van der Waals surface area contributed by atoms with Gasteiger partial charge in [-0.05, 0) is 34.9 Å². The Hall–Kier alpha value is -0.870. The van der Waals surface area contributed by atoms with Gasteiger partial charge in [0.2, 0.25) is 0 Å². The van der Waals surface area contributed by atoms with E-state index in [0.29, 0.717) is 0 Å². The van der Waals surface area contributed by atoms with Crippen LogP contribution in [0.1, 0.15) is 16.7 Å². The molecule has 2 rings (SSSR count). The summed E-state index contributed by atoms with van der Waals surface area (Å²) in [5.41, 5.74) is 3.19. The smallest absolute Gasteiger partial charge is 0.0685 e. The molecule has 2 aromatic rings. The van der Waals surface area contributed by atoms with E-state index in [1.54, 1.807) is 0 Å². The molecule has 4 heteroatoms. The Morgan fingerprint density at radius 3 is 2.42 bits per heavy atom. The highest BCUT2D eigenvalue weighted by atomic mass is 79.9. The van der Waals surface area contributed by atoms with Crippen LogP contribution in [0.5, 0.6) is 0 Å². The second kappa shape index (κ2) is 7.06. The number of aliphatic hydroxyl groups excluding tert-OH is 1. The zero-order valence-corrected chi connectivity index (χ0v) is 12.7. The third-order valence-corrected chi connectivity index (χ3v) is 3.94. The van der Waals surface area contributed by atoms with Crippen LogP contribution in [0.2, 0.25) is 5.02 Å². The Morgan fingerprint density at radius 1 is 1.00 bits per heavy atom. The fourth-order valence-electron chi connectivity index (χ4n) is 1.89. The van der Waals surface area contributed by atoms with Gasteiger partial charge in [0.15, 0.2) is 0 Å². The number of benzene rings is 2. The average Bonchev–Trinajstić information content (AvgIpc) is 2.43. The van der Waals surface area contributed by atoms with Crippen LogP contribution in [0, 0.1) is 0 Å². The summed E-state index contributed by atoms with van der Waals surface area (Å²) in [6.07, 6.45) is 0. The predicted molar refractivity (Wildman–Crippen MR) is 82.1 cm³/mol. The fourth-order valence-corrected chi connectivity index (χ4v) is 2.48. The maximum Gasteiger partial charge on any atom is 0.0685 e. The standard InChI is InChI=1S/C15H15BrClNO/c16-15-6-5-14(17)7-13(15)9-18-8-11-3-1-2-4-12(11)10-19/h1-7,18-19H,8-10H2. The topological polar surface area (TPSA) is 32.3 Å². The van der Waals surface area contributed by atoms with Gasteiger partial charge in [-0.2, -0.15) is 0 Å². The number of aliphatic hydroxyl groups is 1. The molecule has 0 heterocycles. The summed E-state index contributed by atoms with van der Waals surface area (Å²) in [4.78, 5) is 0. The number of rotatable bonds is 5. The van der Waals surface area contributed by atoms with Gasteiger partial charge in [-0.3, -0.25) is 0 Å². The van der Waals surface area contributed by atoms with E-state index in [1.165, 1.54) is 0 Å². The van der Waals surface area contributed by atoms with Crippen LogP contribution in [0.4, 0.5) is 0 Å². The molecule has 100 valence electrons. The van der Waals surface area contributed by atoms with Gasteiger partial charge in [0.1, 0.15) is 0 Å². The Bertz CT molecular complexity index is 560. The zero-order valence-electron chi connectivity index (χ0n) is 10.4. The molecule has 0 aliphatic heterocycles. The first-order valence-corrected chi connectivity index (χ1v) is 7.20. The largest absolute Gasteiger partial charge is 0.392 e. The van der Waals surface area contributed by atoms with Gasteiger partial charge in [-0.25, -0.2) is 0 Å². The Kier molecular flexibility index (Phi) is 5.40. The SMILES string of the molecule is OCc1ccccc1CNCc1cc(Cl)ccc1Br. The Labute approximate surface area is 126 Å². The molecule has 0 amide bonds. The first-order valence-electron chi connectivity index (χ1n) is 6.03. The molecule has 0 unspecified atom stereocenters. The second-order valence-corrected chi connectivity index (χ2v) is 5.56. The van der Waals surface area contributed by atoms with Gasteiger partial charge >= 0.3 is 0 Å². The highest BCUT2D eigenvalue weighted by Gasteiger charge is 2.03. The molecular weight excluding hydrogens is 326 g/mol. The van der Waals surface area contributed by atoms with Crippen LogP contribution in [-0.2, 0) is 19.7 Å². The van der Waals surface area contributed by atoms with Crippen LogP contribution >= 0.6 is 27.5 Å². The lowest BCUT2D eigenvalue weighted by Crippen LogP contribution is -2.14. The van der Waals surface area contributed by atoms with Gasteiger partial charge in [0.05, 0.1) is 6.61 Å². The van der Waals surface area contributed by atoms with E-state index in [0.717, 1.165) is 39.3 Å². The van der Waals surface area contributed by atoms with E-state index < -0.39 is 0 Å². The highest BCUT2D eigenvalue weighted by Crippen LogP contribution is 2.21. The van der Waals surface area contributed by atoms with E-state index in [4.69, 9.17) is 11.6 Å². The molecule has 2 nitrogen and oxygen atoms in total. The summed E-state index contributed by atoms with van der Waals surface area (Å²) < 4.78 is 1.04. The van der Waals surface area contributed by atoms with Crippen molar-refractivity contribution in [3.8, 4) is 0 Å². The first-order chi connectivity index (χ1) is 9.20. The van der Waals surface area contributed by atoms with Crippen molar-refractivity contribution in [2.24, 2.45) is 0 Å². The summed E-state index contributed by atoms with van der Waals surface area (Å²) >= 11 is 9.49. The molecule has 0 fully saturated rings. The molecule has 2 aromatic carbocycles. The van der Waals surface area contributed by atoms with Crippen molar-refractivity contribution >= 4 is 27.5 Å². The van der Waals surface area contributed by atoms with E-state index in [-0.39, 0.29) is 6.61 Å². The third-order valence-electron chi connectivity index (χ3n) is 2.93. The monoisotopic (exact) mass is 339 g/mol. The molecule has 0 atom stereocenters. The van der Waals surface area contributed by atoms with E-state index in [1.807, 2.05) is 42.5 Å². The van der Waals surface area contributed by atoms with Gasteiger partial charge in [0, 0.05) is 22.6 Å². The molecule has 2 N–H and O–H groups in total. The van der Waals surface area contributed by atoms with Crippen molar-refractivity contribution in [1.82, 2.24) is 5.32 Å². The minimum absolute atomic E-state index is 0.0682. The molecule has 0 aromatic heterocycles. The molecule has 19 heavy (non-hydrogen) atoms. The summed E-state index contributed by atoms with van der Waals surface area (Å²) in [5, 5.41) is 13.4. The molecule has 0 radical (unpaired) electrons. The van der Waals surface area contributed by atoms with Gasteiger partial charge < -0.3 is 10.4 Å². The van der Waals surface area contributed by atoms with E-state index in [9.17, 15) is 5.11 Å². The fraction of sp³-hybridized carbons (Fsp3) is 0.200. The molecule has 0 saturated heterocycles. The Morgan fingerprint density at radius 2 is 1.68 bits per heavy atom. The van der Waals surface area contributed by atoms with Gasteiger partial charge in [0.25, 0.3) is 0 Å². The minimum Gasteiger partial charge on any atom is -0.392 e. The van der Waals surface area contributed by atoms with Crippen molar-refractivity contribution in [1.29, 1.82) is 0 Å². The summed E-state index contributed by atoms with van der Waals surface area (Å²) in [6, 6.07) is 13.6. The number of hydrogen-bond acceptors (Lipinski definition) is 2. The summed E-state index contributed by atoms with van der Waals surface area (Å²) in [5.74, 6) is 0. The van der Waals surface area contributed by atoms with Crippen LogP contribution in [-0.4, -0.2) is 5.11 Å². The van der Waals surface area contributed by atoms with Gasteiger partial charge in [-0.15, -0.1) is 0 Å². The van der Waals surface area contributed by atoms with Crippen LogP contribution in [0.25, 0.3) is 0 Å². The van der Waals surface area contributed by atoms with Crippen molar-refractivity contribution in [3.05, 3.63) is 68.7 Å². The quantitative estimate of drug-likeness (QED) is 0.865. The maximum atomic E-state index is 9.26.